The molecule has 0 fully saturated rings. The summed E-state index contributed by atoms with van der Waals surface area (Å²) in [5, 5.41) is 2.69. The second-order valence-electron chi connectivity index (χ2n) is 6.11. The van der Waals surface area contributed by atoms with E-state index in [1.54, 1.807) is 6.92 Å². The first-order chi connectivity index (χ1) is 14.7. The van der Waals surface area contributed by atoms with Crippen LogP contribution in [0.3, 0.4) is 0 Å². The molecule has 0 heterocycles. The second kappa shape index (κ2) is 24.2. The van der Waals surface area contributed by atoms with Gasteiger partial charge < -0.3 is 44.2 Å². The molecule has 1 amide bonds. The van der Waals surface area contributed by atoms with E-state index in [-0.39, 0.29) is 5.91 Å². The molecule has 0 spiro atoms. The average molecular weight is 437 g/mol. The van der Waals surface area contributed by atoms with E-state index in [0.717, 1.165) is 0 Å². The first-order valence-electron chi connectivity index (χ1n) is 10.4. The van der Waals surface area contributed by atoms with Crippen LogP contribution in [0.2, 0.25) is 0 Å². The summed E-state index contributed by atoms with van der Waals surface area (Å²) in [5.74, 6) is -0.158. The van der Waals surface area contributed by atoms with E-state index in [0.29, 0.717) is 111 Å². The van der Waals surface area contributed by atoms with Gasteiger partial charge in [0.1, 0.15) is 0 Å². The van der Waals surface area contributed by atoms with E-state index in [9.17, 15) is 4.79 Å². The zero-order valence-electron chi connectivity index (χ0n) is 18.4. The van der Waals surface area contributed by atoms with Gasteiger partial charge in [-0.25, -0.2) is 0 Å². The fourth-order valence-corrected chi connectivity index (χ4v) is 1.89. The SMILES string of the molecule is C=C(C)C(=O)NCCOCCOCCOCCOCCOCCOCCOCCN. The number of hydrogen-bond donors (Lipinski definition) is 2. The monoisotopic (exact) mass is 436 g/mol. The zero-order chi connectivity index (χ0) is 22.1. The van der Waals surface area contributed by atoms with Crippen molar-refractivity contribution in [3.8, 4) is 0 Å². The fraction of sp³-hybridized carbons (Fsp3) is 0.850. The molecule has 0 saturated carbocycles. The number of ether oxygens (including phenoxy) is 7. The third kappa shape index (κ3) is 23.2. The molecular formula is C20H40N2O8. The van der Waals surface area contributed by atoms with Gasteiger partial charge in [-0.15, -0.1) is 0 Å². The number of hydrogen-bond acceptors (Lipinski definition) is 9. The molecule has 178 valence electrons. The van der Waals surface area contributed by atoms with Crippen molar-refractivity contribution in [1.29, 1.82) is 0 Å². The normalized spacial score (nSPS) is 11.0. The average Bonchev–Trinajstić information content (AvgIpc) is 2.74. The van der Waals surface area contributed by atoms with E-state index in [4.69, 9.17) is 38.9 Å². The van der Waals surface area contributed by atoms with Crippen molar-refractivity contribution < 1.29 is 38.0 Å². The van der Waals surface area contributed by atoms with Gasteiger partial charge in [-0.3, -0.25) is 4.79 Å². The maximum absolute atomic E-state index is 11.2. The van der Waals surface area contributed by atoms with Gasteiger partial charge in [0, 0.05) is 18.7 Å². The van der Waals surface area contributed by atoms with Crippen molar-refractivity contribution in [3.05, 3.63) is 12.2 Å². The summed E-state index contributed by atoms with van der Waals surface area (Å²) in [4.78, 5) is 11.2. The molecule has 0 rings (SSSR count). The van der Waals surface area contributed by atoms with E-state index >= 15 is 0 Å². The summed E-state index contributed by atoms with van der Waals surface area (Å²) in [6.07, 6.45) is 0. The number of carbonyl (C=O) groups excluding carboxylic acids is 1. The minimum Gasteiger partial charge on any atom is -0.378 e. The van der Waals surface area contributed by atoms with Crippen LogP contribution in [0.25, 0.3) is 0 Å². The highest BCUT2D eigenvalue weighted by molar-refractivity contribution is 5.91. The lowest BCUT2D eigenvalue weighted by atomic mass is 10.3. The van der Waals surface area contributed by atoms with Crippen molar-refractivity contribution in [3.63, 3.8) is 0 Å². The highest BCUT2D eigenvalue weighted by Gasteiger charge is 1.99. The molecule has 0 radical (unpaired) electrons. The van der Waals surface area contributed by atoms with Gasteiger partial charge in [-0.1, -0.05) is 6.58 Å². The first-order valence-corrected chi connectivity index (χ1v) is 10.4. The molecule has 0 unspecified atom stereocenters. The lowest BCUT2D eigenvalue weighted by Gasteiger charge is -2.08. The van der Waals surface area contributed by atoms with Gasteiger partial charge >= 0.3 is 0 Å². The van der Waals surface area contributed by atoms with E-state index < -0.39 is 0 Å². The molecule has 3 N–H and O–H groups in total. The molecule has 0 aromatic rings. The Morgan fingerprint density at radius 1 is 0.633 bits per heavy atom. The Balaban J connectivity index is 3.05. The van der Waals surface area contributed by atoms with Crippen molar-refractivity contribution in [1.82, 2.24) is 5.32 Å². The van der Waals surface area contributed by atoms with Crippen LogP contribution in [-0.4, -0.2) is 111 Å². The molecule has 30 heavy (non-hydrogen) atoms. The molecule has 0 saturated heterocycles. The van der Waals surface area contributed by atoms with Crippen molar-refractivity contribution in [2.24, 2.45) is 5.73 Å². The van der Waals surface area contributed by atoms with Crippen LogP contribution in [0.15, 0.2) is 12.2 Å². The standard InChI is InChI=1S/C20H40N2O8/c1-19(2)20(23)22-4-6-25-8-10-27-12-14-29-16-18-30-17-15-28-13-11-26-9-7-24-5-3-21/h1,3-18,21H2,2H3,(H,22,23). The third-order valence-electron chi connectivity index (χ3n) is 3.41. The summed E-state index contributed by atoms with van der Waals surface area (Å²) in [6, 6.07) is 0. The number of nitrogens with one attached hydrogen (secondary N) is 1. The summed E-state index contributed by atoms with van der Waals surface area (Å²) in [5.41, 5.74) is 5.79. The predicted molar refractivity (Wildman–Crippen MR) is 113 cm³/mol. The van der Waals surface area contributed by atoms with Crippen LogP contribution in [0.1, 0.15) is 6.92 Å². The molecule has 10 nitrogen and oxygen atoms in total. The molecule has 0 aromatic heterocycles. The highest BCUT2D eigenvalue weighted by Crippen LogP contribution is 1.86. The Labute approximate surface area is 180 Å². The smallest absolute Gasteiger partial charge is 0.246 e. The van der Waals surface area contributed by atoms with Gasteiger partial charge in [-0.05, 0) is 6.92 Å². The van der Waals surface area contributed by atoms with E-state index in [1.165, 1.54) is 0 Å². The second-order valence-corrected chi connectivity index (χ2v) is 6.11. The number of amides is 1. The first kappa shape index (κ1) is 28.9. The summed E-state index contributed by atoms with van der Waals surface area (Å²) in [6.45, 7) is 13.4. The topological polar surface area (TPSA) is 120 Å². The third-order valence-corrected chi connectivity index (χ3v) is 3.41. The Hall–Kier alpha value is -1.11. The highest BCUT2D eigenvalue weighted by atomic mass is 16.6. The van der Waals surface area contributed by atoms with Crippen LogP contribution in [0, 0.1) is 0 Å². The molecule has 0 bridgehead atoms. The van der Waals surface area contributed by atoms with Crippen molar-refractivity contribution in [2.45, 2.75) is 6.92 Å². The van der Waals surface area contributed by atoms with Crippen LogP contribution in [0.4, 0.5) is 0 Å². The predicted octanol–water partition coefficient (Wildman–Crippen LogP) is -0.246. The quantitative estimate of drug-likeness (QED) is 0.156. The molecule has 0 aliphatic rings. The lowest BCUT2D eigenvalue weighted by molar-refractivity contribution is -0.117. The summed E-state index contributed by atoms with van der Waals surface area (Å²) in [7, 11) is 0. The van der Waals surface area contributed by atoms with Gasteiger partial charge in [0.15, 0.2) is 0 Å². The molecule has 10 heteroatoms. The number of nitrogens with two attached hydrogens (primary N) is 1. The molecule has 0 aliphatic heterocycles. The van der Waals surface area contributed by atoms with Gasteiger partial charge in [0.25, 0.3) is 0 Å². The van der Waals surface area contributed by atoms with Crippen molar-refractivity contribution in [2.75, 3.05) is 106 Å². The maximum atomic E-state index is 11.2. The van der Waals surface area contributed by atoms with E-state index in [1.807, 2.05) is 0 Å². The zero-order valence-corrected chi connectivity index (χ0v) is 18.4. The Morgan fingerprint density at radius 3 is 1.23 bits per heavy atom. The summed E-state index contributed by atoms with van der Waals surface area (Å²) < 4.78 is 37.4. The van der Waals surface area contributed by atoms with Crippen LogP contribution in [0.5, 0.6) is 0 Å². The van der Waals surface area contributed by atoms with E-state index in [2.05, 4.69) is 11.9 Å². The van der Waals surface area contributed by atoms with Gasteiger partial charge in [-0.2, -0.15) is 0 Å². The van der Waals surface area contributed by atoms with Gasteiger partial charge in [0.2, 0.25) is 5.91 Å². The Morgan fingerprint density at radius 2 is 0.933 bits per heavy atom. The van der Waals surface area contributed by atoms with Crippen LogP contribution in [-0.2, 0) is 38.0 Å². The molecule has 0 aliphatic carbocycles. The number of rotatable bonds is 24. The summed E-state index contributed by atoms with van der Waals surface area (Å²) >= 11 is 0. The largest absolute Gasteiger partial charge is 0.378 e. The lowest BCUT2D eigenvalue weighted by Crippen LogP contribution is -2.27. The van der Waals surface area contributed by atoms with Crippen molar-refractivity contribution >= 4 is 5.91 Å². The molecular weight excluding hydrogens is 396 g/mol. The minimum atomic E-state index is -0.158. The Bertz CT molecular complexity index is 399. The fourth-order valence-electron chi connectivity index (χ4n) is 1.89. The van der Waals surface area contributed by atoms with Crippen LogP contribution >= 0.6 is 0 Å². The van der Waals surface area contributed by atoms with Crippen LogP contribution < -0.4 is 11.1 Å². The minimum absolute atomic E-state index is 0.158. The van der Waals surface area contributed by atoms with Gasteiger partial charge in [0.05, 0.1) is 92.5 Å². The Kier molecular flexibility index (Phi) is 23.3. The number of carbonyl (C=O) groups is 1. The molecule has 0 atom stereocenters. The molecule has 0 aromatic carbocycles. The maximum Gasteiger partial charge on any atom is 0.246 e.